The molecule has 0 spiro atoms. The molecular weight excluding hydrogens is 384 g/mol. The monoisotopic (exact) mass is 426 g/mol. The van der Waals surface area contributed by atoms with Crippen molar-refractivity contribution in [1.82, 2.24) is 0 Å². The van der Waals surface area contributed by atoms with E-state index >= 15 is 0 Å². The van der Waals surface area contributed by atoms with Gasteiger partial charge < -0.3 is 13.9 Å². The van der Waals surface area contributed by atoms with Crippen molar-refractivity contribution in [3.63, 3.8) is 0 Å². The summed E-state index contributed by atoms with van der Waals surface area (Å²) < 4.78 is 17.6. The average molecular weight is 427 g/mol. The second kappa shape index (κ2) is 9.54. The first-order chi connectivity index (χ1) is 13.2. The molecule has 0 aliphatic heterocycles. The van der Waals surface area contributed by atoms with E-state index in [1.54, 1.807) is 20.1 Å². The summed E-state index contributed by atoms with van der Waals surface area (Å²) in [5, 5.41) is 0.0544. The molecular formula is C23H42O5Si. The Hall–Kier alpha value is -0.823. The van der Waals surface area contributed by atoms with E-state index in [9.17, 15) is 9.59 Å². The summed E-state index contributed by atoms with van der Waals surface area (Å²) in [5.74, 6) is 0.0608. The van der Waals surface area contributed by atoms with Crippen molar-refractivity contribution in [2.75, 3.05) is 20.5 Å². The van der Waals surface area contributed by atoms with Crippen LogP contribution < -0.4 is 0 Å². The third-order valence-electron chi connectivity index (χ3n) is 7.13. The predicted molar refractivity (Wildman–Crippen MR) is 119 cm³/mol. The van der Waals surface area contributed by atoms with Gasteiger partial charge in [-0.3, -0.25) is 9.59 Å². The molecule has 5 nitrogen and oxygen atoms in total. The van der Waals surface area contributed by atoms with Crippen molar-refractivity contribution < 1.29 is 23.5 Å². The van der Waals surface area contributed by atoms with Crippen LogP contribution >= 0.6 is 0 Å². The smallest absolute Gasteiger partial charge is 0.192 e. The van der Waals surface area contributed by atoms with Crippen LogP contribution in [0.5, 0.6) is 0 Å². The van der Waals surface area contributed by atoms with Crippen molar-refractivity contribution in [3.05, 3.63) is 12.7 Å². The molecule has 0 heterocycles. The molecule has 0 saturated heterocycles. The van der Waals surface area contributed by atoms with Gasteiger partial charge in [0.05, 0.1) is 12.0 Å². The summed E-state index contributed by atoms with van der Waals surface area (Å²) >= 11 is 0. The van der Waals surface area contributed by atoms with E-state index in [4.69, 9.17) is 13.9 Å². The maximum Gasteiger partial charge on any atom is 0.192 e. The maximum absolute atomic E-state index is 13.8. The lowest BCUT2D eigenvalue weighted by atomic mass is 9.54. The van der Waals surface area contributed by atoms with Crippen molar-refractivity contribution in [1.29, 1.82) is 0 Å². The van der Waals surface area contributed by atoms with Gasteiger partial charge in [0.25, 0.3) is 0 Å². The molecule has 1 aliphatic carbocycles. The first-order valence-electron chi connectivity index (χ1n) is 10.6. The Morgan fingerprint density at radius 1 is 1.34 bits per heavy atom. The van der Waals surface area contributed by atoms with Crippen LogP contribution in [0.25, 0.3) is 0 Å². The first kappa shape index (κ1) is 26.2. The largest absolute Gasteiger partial charge is 0.414 e. The zero-order chi connectivity index (χ0) is 22.7. The summed E-state index contributed by atoms with van der Waals surface area (Å²) in [7, 11) is -0.505. The number of methoxy groups -OCH3 is 1. The van der Waals surface area contributed by atoms with Crippen molar-refractivity contribution >= 4 is 19.9 Å². The van der Waals surface area contributed by atoms with E-state index in [0.717, 1.165) is 0 Å². The SMILES string of the molecule is C=CC[C@]1(CC(C)=O)CC(O[Si](C)(C)C(C)(C)C)[C@H](C)[C@](C)(COCOC)C1=O. The summed E-state index contributed by atoms with van der Waals surface area (Å²) in [6, 6.07) is 0. The normalized spacial score (nSPS) is 31.0. The lowest BCUT2D eigenvalue weighted by Crippen LogP contribution is -2.60. The second-order valence-corrected chi connectivity index (χ2v) is 15.3. The third kappa shape index (κ3) is 5.66. The van der Waals surface area contributed by atoms with Crippen LogP contribution in [-0.4, -0.2) is 46.5 Å². The van der Waals surface area contributed by atoms with Crippen LogP contribution in [0.4, 0.5) is 0 Å². The number of Topliss-reactive ketones (excluding diaryl/α,β-unsaturated/α-hetero) is 2. The number of allylic oxidation sites excluding steroid dienone is 1. The molecule has 1 fully saturated rings. The van der Waals surface area contributed by atoms with E-state index in [2.05, 4.69) is 47.4 Å². The topological polar surface area (TPSA) is 61.8 Å². The minimum Gasteiger partial charge on any atom is -0.414 e. The fourth-order valence-corrected chi connectivity index (χ4v) is 5.66. The van der Waals surface area contributed by atoms with Gasteiger partial charge >= 0.3 is 0 Å². The number of rotatable bonds is 10. The van der Waals surface area contributed by atoms with E-state index in [0.29, 0.717) is 12.8 Å². The zero-order valence-corrected chi connectivity index (χ0v) is 21.0. The molecule has 4 atom stereocenters. The highest BCUT2D eigenvalue weighted by Crippen LogP contribution is 2.53. The molecule has 6 heteroatoms. The van der Waals surface area contributed by atoms with E-state index in [1.165, 1.54) is 0 Å². The van der Waals surface area contributed by atoms with Crippen LogP contribution in [-0.2, 0) is 23.5 Å². The number of carbonyl (C=O) groups excluding carboxylic acids is 2. The van der Waals surface area contributed by atoms with Crippen LogP contribution in [0, 0.1) is 16.7 Å². The molecule has 168 valence electrons. The Bertz CT molecular complexity index is 609. The second-order valence-electron chi connectivity index (χ2n) is 10.6. The number of ketones is 2. The Labute approximate surface area is 178 Å². The highest BCUT2D eigenvalue weighted by atomic mass is 28.4. The molecule has 0 radical (unpaired) electrons. The highest BCUT2D eigenvalue weighted by molar-refractivity contribution is 6.74. The van der Waals surface area contributed by atoms with Gasteiger partial charge in [0.2, 0.25) is 0 Å². The molecule has 29 heavy (non-hydrogen) atoms. The number of hydrogen-bond donors (Lipinski definition) is 0. The van der Waals surface area contributed by atoms with Gasteiger partial charge in [-0.15, -0.1) is 6.58 Å². The Balaban J connectivity index is 3.44. The van der Waals surface area contributed by atoms with Gasteiger partial charge in [-0.1, -0.05) is 40.7 Å². The molecule has 0 bridgehead atoms. The van der Waals surface area contributed by atoms with Crippen molar-refractivity contribution in [2.45, 2.75) is 85.0 Å². The van der Waals surface area contributed by atoms with Gasteiger partial charge in [0, 0.05) is 25.0 Å². The molecule has 1 saturated carbocycles. The van der Waals surface area contributed by atoms with Crippen LogP contribution in [0.2, 0.25) is 18.1 Å². The van der Waals surface area contributed by atoms with Crippen LogP contribution in [0.3, 0.4) is 0 Å². The molecule has 1 aliphatic rings. The van der Waals surface area contributed by atoms with Gasteiger partial charge in [0.15, 0.2) is 8.32 Å². The minimum absolute atomic E-state index is 0.0148. The Morgan fingerprint density at radius 3 is 2.38 bits per heavy atom. The summed E-state index contributed by atoms with van der Waals surface area (Å²) in [5.41, 5.74) is -1.55. The quantitative estimate of drug-likeness (QED) is 0.209. The van der Waals surface area contributed by atoms with Gasteiger partial charge in [-0.25, -0.2) is 0 Å². The molecule has 0 N–H and O–H groups in total. The first-order valence-corrected chi connectivity index (χ1v) is 13.5. The van der Waals surface area contributed by atoms with Crippen LogP contribution in [0.15, 0.2) is 12.7 Å². The Morgan fingerprint density at radius 2 is 1.93 bits per heavy atom. The summed E-state index contributed by atoms with van der Waals surface area (Å²) in [6.07, 6.45) is 2.86. The average Bonchev–Trinajstić information content (AvgIpc) is 2.57. The molecule has 0 amide bonds. The number of hydrogen-bond acceptors (Lipinski definition) is 5. The molecule has 0 aromatic carbocycles. The third-order valence-corrected chi connectivity index (χ3v) is 11.6. The van der Waals surface area contributed by atoms with E-state index in [1.807, 2.05) is 6.92 Å². The highest BCUT2D eigenvalue weighted by Gasteiger charge is 2.59. The molecule has 0 aromatic rings. The number of ether oxygens (including phenoxy) is 2. The molecule has 0 aromatic heterocycles. The lowest BCUT2D eigenvalue weighted by molar-refractivity contribution is -0.168. The van der Waals surface area contributed by atoms with Crippen LogP contribution in [0.1, 0.15) is 60.8 Å². The van der Waals surface area contributed by atoms with E-state index in [-0.39, 0.29) is 48.4 Å². The fraction of sp³-hybridized carbons (Fsp3) is 0.826. The fourth-order valence-electron chi connectivity index (χ4n) is 4.26. The standard InChI is InChI=1S/C23H42O5Si/c1-11-12-23(13-17(2)24)14-19(28-29(9,10)21(4,5)6)18(3)22(7,20(23)25)15-27-16-26-8/h11,18-19H,1,12-16H2,2-10H3/t18-,19?,22-,23-/m0/s1. The van der Waals surface area contributed by atoms with Crippen molar-refractivity contribution in [3.8, 4) is 0 Å². The number of carbonyl (C=O) groups is 2. The van der Waals surface area contributed by atoms with Gasteiger partial charge in [0.1, 0.15) is 18.4 Å². The lowest BCUT2D eigenvalue weighted by Gasteiger charge is -2.53. The molecule has 1 unspecified atom stereocenters. The molecule has 1 rings (SSSR count). The summed E-state index contributed by atoms with van der Waals surface area (Å²) in [4.78, 5) is 26.0. The van der Waals surface area contributed by atoms with Crippen molar-refractivity contribution in [2.24, 2.45) is 16.7 Å². The maximum atomic E-state index is 13.8. The van der Waals surface area contributed by atoms with Gasteiger partial charge in [-0.2, -0.15) is 0 Å². The summed E-state index contributed by atoms with van der Waals surface area (Å²) in [6.45, 7) is 20.9. The van der Waals surface area contributed by atoms with Gasteiger partial charge in [-0.05, 0) is 43.8 Å². The van der Waals surface area contributed by atoms with E-state index < -0.39 is 19.1 Å². The zero-order valence-electron chi connectivity index (χ0n) is 20.0. The minimum atomic E-state index is -2.07. The predicted octanol–water partition coefficient (Wildman–Crippen LogP) is 5.15. The Kier molecular flexibility index (Phi) is 8.62.